The number of rotatable bonds is 4. The number of aryl methyl sites for hydroxylation is 1. The predicted octanol–water partition coefficient (Wildman–Crippen LogP) is 1.32. The quantitative estimate of drug-likeness (QED) is 0.841. The number of amides is 2. The highest BCUT2D eigenvalue weighted by molar-refractivity contribution is 7.16. The van der Waals surface area contributed by atoms with E-state index in [2.05, 4.69) is 5.32 Å². The van der Waals surface area contributed by atoms with Gasteiger partial charge in [-0.25, -0.2) is 0 Å². The van der Waals surface area contributed by atoms with E-state index in [0.717, 1.165) is 4.88 Å². The van der Waals surface area contributed by atoms with Crippen LogP contribution < -0.4 is 11.1 Å². The van der Waals surface area contributed by atoms with Gasteiger partial charge in [-0.05, 0) is 13.0 Å². The second-order valence-electron chi connectivity index (χ2n) is 3.02. The van der Waals surface area contributed by atoms with E-state index in [1.807, 2.05) is 6.92 Å². The largest absolute Gasteiger partial charge is 0.370 e. The molecule has 0 aliphatic heterocycles. The second-order valence-corrected chi connectivity index (χ2v) is 4.88. The molecule has 0 radical (unpaired) electrons. The van der Waals surface area contributed by atoms with E-state index in [4.69, 9.17) is 17.3 Å². The Hall–Kier alpha value is -1.07. The molecular weight excluding hydrogens is 236 g/mol. The highest BCUT2D eigenvalue weighted by Gasteiger charge is 2.12. The molecule has 0 aromatic carbocycles. The molecule has 0 atom stereocenters. The van der Waals surface area contributed by atoms with Gasteiger partial charge in [0.05, 0.1) is 5.56 Å². The van der Waals surface area contributed by atoms with Gasteiger partial charge < -0.3 is 11.1 Å². The van der Waals surface area contributed by atoms with E-state index in [1.165, 1.54) is 11.3 Å². The van der Waals surface area contributed by atoms with Gasteiger partial charge in [-0.2, -0.15) is 0 Å². The van der Waals surface area contributed by atoms with E-state index in [9.17, 15) is 9.59 Å². The smallest absolute Gasteiger partial charge is 0.253 e. The third kappa shape index (κ3) is 3.53. The van der Waals surface area contributed by atoms with E-state index >= 15 is 0 Å². The van der Waals surface area contributed by atoms with Crippen molar-refractivity contribution < 1.29 is 9.59 Å². The lowest BCUT2D eigenvalue weighted by molar-refractivity contribution is -0.117. The summed E-state index contributed by atoms with van der Waals surface area (Å²) in [6.45, 7) is 2.11. The lowest BCUT2D eigenvalue weighted by Crippen LogP contribution is -2.27. The van der Waals surface area contributed by atoms with Crippen molar-refractivity contribution in [2.24, 2.45) is 5.73 Å². The predicted molar refractivity (Wildman–Crippen MR) is 60.2 cm³/mol. The minimum atomic E-state index is -0.442. The van der Waals surface area contributed by atoms with Crippen LogP contribution in [0.3, 0.4) is 0 Å². The van der Waals surface area contributed by atoms with Crippen molar-refractivity contribution >= 4 is 34.8 Å². The molecule has 0 saturated heterocycles. The van der Waals surface area contributed by atoms with Crippen molar-refractivity contribution in [3.63, 3.8) is 0 Å². The average Bonchev–Trinajstić information content (AvgIpc) is 2.44. The Balaban J connectivity index is 2.54. The summed E-state index contributed by atoms with van der Waals surface area (Å²) in [5.74, 6) is -0.714. The first-order valence-electron chi connectivity index (χ1n) is 4.33. The lowest BCUT2D eigenvalue weighted by atomic mass is 10.3. The van der Waals surface area contributed by atoms with Crippen molar-refractivity contribution in [3.05, 3.63) is 20.8 Å². The third-order valence-electron chi connectivity index (χ3n) is 1.71. The van der Waals surface area contributed by atoms with Crippen LogP contribution in [-0.2, 0) is 4.79 Å². The van der Waals surface area contributed by atoms with E-state index in [-0.39, 0.29) is 18.9 Å². The Morgan fingerprint density at radius 1 is 1.60 bits per heavy atom. The Morgan fingerprint density at radius 2 is 2.27 bits per heavy atom. The first-order valence-corrected chi connectivity index (χ1v) is 5.52. The van der Waals surface area contributed by atoms with E-state index < -0.39 is 5.91 Å². The molecule has 4 nitrogen and oxygen atoms in total. The first-order chi connectivity index (χ1) is 7.00. The lowest BCUT2D eigenvalue weighted by Gasteiger charge is -2.01. The summed E-state index contributed by atoms with van der Waals surface area (Å²) < 4.78 is 0.462. The molecule has 0 aliphatic rings. The molecule has 15 heavy (non-hydrogen) atoms. The van der Waals surface area contributed by atoms with Gasteiger partial charge in [0, 0.05) is 17.8 Å². The molecule has 0 saturated carbocycles. The molecule has 1 aromatic rings. The maximum atomic E-state index is 11.5. The van der Waals surface area contributed by atoms with Crippen LogP contribution in [0.1, 0.15) is 21.7 Å². The highest BCUT2D eigenvalue weighted by Crippen LogP contribution is 2.26. The van der Waals surface area contributed by atoms with Crippen molar-refractivity contribution in [2.45, 2.75) is 13.3 Å². The third-order valence-corrected chi connectivity index (χ3v) is 2.99. The van der Waals surface area contributed by atoms with Crippen molar-refractivity contribution in [2.75, 3.05) is 6.54 Å². The van der Waals surface area contributed by atoms with Crippen LogP contribution in [0.5, 0.6) is 0 Å². The summed E-state index contributed by atoms with van der Waals surface area (Å²) >= 11 is 7.20. The van der Waals surface area contributed by atoms with E-state index in [0.29, 0.717) is 9.90 Å². The SMILES string of the molecule is Cc1cc(C(=O)NCCC(N)=O)c(Cl)s1. The molecular formula is C9H11ClN2O2S. The van der Waals surface area contributed by atoms with Crippen molar-refractivity contribution in [1.29, 1.82) is 0 Å². The summed E-state index contributed by atoms with van der Waals surface area (Å²) in [5.41, 5.74) is 5.38. The van der Waals surface area contributed by atoms with Gasteiger partial charge >= 0.3 is 0 Å². The summed E-state index contributed by atoms with van der Waals surface area (Å²) in [4.78, 5) is 22.9. The standard InChI is InChI=1S/C9H11ClN2O2S/c1-5-4-6(8(10)15-5)9(14)12-3-2-7(11)13/h4H,2-3H2,1H3,(H2,11,13)(H,12,14). The normalized spacial score (nSPS) is 10.0. The molecule has 1 heterocycles. The fourth-order valence-electron chi connectivity index (χ4n) is 1.04. The molecule has 0 aliphatic carbocycles. The van der Waals surface area contributed by atoms with Gasteiger partial charge in [-0.3, -0.25) is 9.59 Å². The Labute approximate surface area is 96.4 Å². The molecule has 0 fully saturated rings. The van der Waals surface area contributed by atoms with Crippen LogP contribution in [0.2, 0.25) is 4.34 Å². The number of carbonyl (C=O) groups is 2. The topological polar surface area (TPSA) is 72.2 Å². The zero-order chi connectivity index (χ0) is 11.4. The average molecular weight is 247 g/mol. The molecule has 3 N–H and O–H groups in total. The molecule has 82 valence electrons. The number of primary amides is 1. The van der Waals surface area contributed by atoms with Crippen LogP contribution in [0, 0.1) is 6.92 Å². The Morgan fingerprint density at radius 3 is 2.73 bits per heavy atom. The number of halogens is 1. The monoisotopic (exact) mass is 246 g/mol. The van der Waals surface area contributed by atoms with Gasteiger partial charge in [0.2, 0.25) is 5.91 Å². The summed E-state index contributed by atoms with van der Waals surface area (Å²) in [5, 5.41) is 2.57. The summed E-state index contributed by atoms with van der Waals surface area (Å²) in [6, 6.07) is 1.71. The van der Waals surface area contributed by atoms with Crippen LogP contribution in [0.15, 0.2) is 6.07 Å². The van der Waals surface area contributed by atoms with Gasteiger partial charge in [0.25, 0.3) is 5.91 Å². The fourth-order valence-corrected chi connectivity index (χ4v) is 2.26. The molecule has 0 bridgehead atoms. The number of thiophene rings is 1. The van der Waals surface area contributed by atoms with Gasteiger partial charge in [0.1, 0.15) is 4.34 Å². The second kappa shape index (κ2) is 5.14. The van der Waals surface area contributed by atoms with Gasteiger partial charge in [0.15, 0.2) is 0 Å². The summed E-state index contributed by atoms with van der Waals surface area (Å²) in [7, 11) is 0. The van der Waals surface area contributed by atoms with Crippen LogP contribution in [0.25, 0.3) is 0 Å². The number of hydrogen-bond acceptors (Lipinski definition) is 3. The number of hydrogen-bond donors (Lipinski definition) is 2. The highest BCUT2D eigenvalue weighted by atomic mass is 35.5. The van der Waals surface area contributed by atoms with Crippen molar-refractivity contribution in [3.8, 4) is 0 Å². The first kappa shape index (κ1) is 12.0. The minimum absolute atomic E-state index is 0.131. The van der Waals surface area contributed by atoms with Crippen LogP contribution >= 0.6 is 22.9 Å². The zero-order valence-corrected chi connectivity index (χ0v) is 9.74. The summed E-state index contributed by atoms with van der Waals surface area (Å²) in [6.07, 6.45) is 0.131. The maximum absolute atomic E-state index is 11.5. The number of nitrogens with one attached hydrogen (secondary N) is 1. The molecule has 1 rings (SSSR count). The maximum Gasteiger partial charge on any atom is 0.253 e. The molecule has 0 spiro atoms. The van der Waals surface area contributed by atoms with Gasteiger partial charge in [-0.15, -0.1) is 11.3 Å². The molecule has 6 heteroatoms. The number of nitrogens with two attached hydrogens (primary N) is 1. The zero-order valence-electron chi connectivity index (χ0n) is 8.17. The van der Waals surface area contributed by atoms with Crippen molar-refractivity contribution in [1.82, 2.24) is 5.32 Å². The van der Waals surface area contributed by atoms with Gasteiger partial charge in [-0.1, -0.05) is 11.6 Å². The molecule has 1 aromatic heterocycles. The molecule has 0 unspecified atom stereocenters. The van der Waals surface area contributed by atoms with E-state index in [1.54, 1.807) is 6.07 Å². The Bertz CT molecular complexity index is 389. The minimum Gasteiger partial charge on any atom is -0.370 e. The van der Waals surface area contributed by atoms with Crippen LogP contribution in [0.4, 0.5) is 0 Å². The fraction of sp³-hybridized carbons (Fsp3) is 0.333. The number of carbonyl (C=O) groups excluding carboxylic acids is 2. The van der Waals surface area contributed by atoms with Crippen LogP contribution in [-0.4, -0.2) is 18.4 Å². The molecule has 2 amide bonds. The Kier molecular flexibility index (Phi) is 4.11.